The molecule has 1 fully saturated rings. The number of carboxylic acid groups (broad SMARTS) is 1. The van der Waals surface area contributed by atoms with Crippen LogP contribution in [0.15, 0.2) is 24.3 Å². The van der Waals surface area contributed by atoms with Gasteiger partial charge in [-0.05, 0) is 51.3 Å². The standard InChI is InChI=1S/C18H23NO6/c1-17(2,3)25-16(23)19-11-5-10-18(19,15(21)22)13-8-6-12(7-9-13)14(20)24-4/h6-9H,5,10-11H2,1-4H3,(H,21,22)/t18-/m0/s1. The highest BCUT2D eigenvalue weighted by molar-refractivity contribution is 5.90. The first-order chi connectivity index (χ1) is 11.6. The van der Waals surface area contributed by atoms with Crippen LogP contribution in [-0.2, 0) is 19.8 Å². The summed E-state index contributed by atoms with van der Waals surface area (Å²) in [4.78, 5) is 37.5. The Labute approximate surface area is 146 Å². The van der Waals surface area contributed by atoms with Gasteiger partial charge in [0, 0.05) is 6.54 Å². The quantitative estimate of drug-likeness (QED) is 0.844. The second-order valence-corrected chi connectivity index (χ2v) is 6.97. The molecule has 1 N–H and O–H groups in total. The van der Waals surface area contributed by atoms with Gasteiger partial charge in [-0.2, -0.15) is 0 Å². The zero-order chi connectivity index (χ0) is 18.8. The normalized spacial score (nSPS) is 20.2. The van der Waals surface area contributed by atoms with Crippen molar-refractivity contribution >= 4 is 18.0 Å². The van der Waals surface area contributed by atoms with Crippen molar-refractivity contribution in [1.82, 2.24) is 4.90 Å². The Morgan fingerprint density at radius 1 is 1.16 bits per heavy atom. The monoisotopic (exact) mass is 349 g/mol. The molecule has 0 aromatic heterocycles. The number of methoxy groups -OCH3 is 1. The molecule has 0 radical (unpaired) electrons. The molecule has 2 rings (SSSR count). The van der Waals surface area contributed by atoms with Gasteiger partial charge in [0.2, 0.25) is 0 Å². The number of benzene rings is 1. The summed E-state index contributed by atoms with van der Waals surface area (Å²) in [6.07, 6.45) is 0.160. The Morgan fingerprint density at radius 2 is 1.76 bits per heavy atom. The largest absolute Gasteiger partial charge is 0.479 e. The van der Waals surface area contributed by atoms with E-state index in [0.29, 0.717) is 24.1 Å². The second-order valence-electron chi connectivity index (χ2n) is 6.97. The van der Waals surface area contributed by atoms with Gasteiger partial charge in [0.25, 0.3) is 0 Å². The molecule has 0 spiro atoms. The first-order valence-corrected chi connectivity index (χ1v) is 8.04. The lowest BCUT2D eigenvalue weighted by atomic mass is 9.87. The Kier molecular flexibility index (Phi) is 5.06. The average molecular weight is 349 g/mol. The average Bonchev–Trinajstić information content (AvgIpc) is 2.99. The van der Waals surface area contributed by atoms with Crippen molar-refractivity contribution < 1.29 is 29.0 Å². The van der Waals surface area contributed by atoms with Crippen LogP contribution < -0.4 is 0 Å². The molecule has 136 valence electrons. The SMILES string of the molecule is COC(=O)c1ccc([C@]2(C(=O)O)CCCN2C(=O)OC(C)(C)C)cc1. The molecule has 1 saturated heterocycles. The van der Waals surface area contributed by atoms with Crippen molar-refractivity contribution in [3.05, 3.63) is 35.4 Å². The number of aliphatic carboxylic acids is 1. The summed E-state index contributed by atoms with van der Waals surface area (Å²) in [7, 11) is 1.27. The van der Waals surface area contributed by atoms with Crippen molar-refractivity contribution in [3.8, 4) is 0 Å². The molecule has 1 heterocycles. The number of amides is 1. The predicted molar refractivity (Wildman–Crippen MR) is 89.3 cm³/mol. The fourth-order valence-electron chi connectivity index (χ4n) is 3.03. The van der Waals surface area contributed by atoms with Gasteiger partial charge in [0.15, 0.2) is 5.54 Å². The van der Waals surface area contributed by atoms with E-state index in [1.54, 1.807) is 32.9 Å². The maximum Gasteiger partial charge on any atom is 0.411 e. The van der Waals surface area contributed by atoms with Gasteiger partial charge in [-0.3, -0.25) is 4.90 Å². The molecule has 0 unspecified atom stereocenters. The van der Waals surface area contributed by atoms with E-state index in [4.69, 9.17) is 4.74 Å². The molecular weight excluding hydrogens is 326 g/mol. The molecule has 1 aromatic rings. The first-order valence-electron chi connectivity index (χ1n) is 8.04. The van der Waals surface area contributed by atoms with Gasteiger partial charge < -0.3 is 14.6 Å². The smallest absolute Gasteiger partial charge is 0.411 e. The third-order valence-electron chi connectivity index (χ3n) is 4.13. The number of rotatable bonds is 3. The summed E-state index contributed by atoms with van der Waals surface area (Å²) in [5.41, 5.74) is -1.49. The van der Waals surface area contributed by atoms with E-state index in [1.165, 1.54) is 24.1 Å². The Bertz CT molecular complexity index is 676. The number of ether oxygens (including phenoxy) is 2. The van der Waals surface area contributed by atoms with Crippen LogP contribution in [0, 0.1) is 0 Å². The Balaban J connectivity index is 2.42. The number of hydrogen-bond donors (Lipinski definition) is 1. The number of esters is 1. The summed E-state index contributed by atoms with van der Waals surface area (Å²) in [5, 5.41) is 9.92. The highest BCUT2D eigenvalue weighted by Crippen LogP contribution is 2.40. The molecule has 1 aliphatic rings. The van der Waals surface area contributed by atoms with E-state index in [0.717, 1.165) is 0 Å². The minimum Gasteiger partial charge on any atom is -0.479 e. The first kappa shape index (κ1) is 18.8. The maximum absolute atomic E-state index is 12.5. The molecule has 1 aromatic carbocycles. The van der Waals surface area contributed by atoms with E-state index in [1.807, 2.05) is 0 Å². The fourth-order valence-corrected chi connectivity index (χ4v) is 3.03. The van der Waals surface area contributed by atoms with Gasteiger partial charge >= 0.3 is 18.0 Å². The van der Waals surface area contributed by atoms with Crippen LogP contribution in [0.2, 0.25) is 0 Å². The molecule has 25 heavy (non-hydrogen) atoms. The summed E-state index contributed by atoms with van der Waals surface area (Å²) >= 11 is 0. The van der Waals surface area contributed by atoms with Crippen molar-refractivity contribution in [1.29, 1.82) is 0 Å². The number of likely N-dealkylation sites (tertiary alicyclic amines) is 1. The van der Waals surface area contributed by atoms with Crippen LogP contribution >= 0.6 is 0 Å². The minimum absolute atomic E-state index is 0.277. The third kappa shape index (κ3) is 3.60. The number of carbonyl (C=O) groups excluding carboxylic acids is 2. The zero-order valence-corrected chi connectivity index (χ0v) is 14.9. The van der Waals surface area contributed by atoms with Crippen molar-refractivity contribution in [2.24, 2.45) is 0 Å². The molecule has 1 aliphatic heterocycles. The van der Waals surface area contributed by atoms with Crippen LogP contribution in [0.1, 0.15) is 49.5 Å². The summed E-state index contributed by atoms with van der Waals surface area (Å²) in [5.74, 6) is -1.63. The van der Waals surface area contributed by atoms with Crippen molar-refractivity contribution in [2.75, 3.05) is 13.7 Å². The van der Waals surface area contributed by atoms with Gasteiger partial charge in [-0.25, -0.2) is 14.4 Å². The molecule has 0 aliphatic carbocycles. The lowest BCUT2D eigenvalue weighted by Gasteiger charge is -2.36. The molecule has 1 amide bonds. The number of nitrogens with zero attached hydrogens (tertiary/aromatic N) is 1. The van der Waals surface area contributed by atoms with Crippen molar-refractivity contribution in [2.45, 2.75) is 44.8 Å². The van der Waals surface area contributed by atoms with Gasteiger partial charge in [-0.1, -0.05) is 12.1 Å². The number of carbonyl (C=O) groups is 3. The highest BCUT2D eigenvalue weighted by Gasteiger charge is 2.52. The van der Waals surface area contributed by atoms with Gasteiger partial charge in [0.05, 0.1) is 12.7 Å². The fraction of sp³-hybridized carbons (Fsp3) is 0.500. The lowest BCUT2D eigenvalue weighted by molar-refractivity contribution is -0.150. The predicted octanol–water partition coefficient (Wildman–Crippen LogP) is 2.78. The van der Waals surface area contributed by atoms with Crippen LogP contribution in [0.3, 0.4) is 0 Å². The van der Waals surface area contributed by atoms with E-state index in [-0.39, 0.29) is 6.42 Å². The van der Waals surface area contributed by atoms with Gasteiger partial charge in [-0.15, -0.1) is 0 Å². The second kappa shape index (κ2) is 6.74. The number of carboxylic acids is 1. The van der Waals surface area contributed by atoms with E-state index < -0.39 is 29.2 Å². The summed E-state index contributed by atoms with van der Waals surface area (Å²) in [6, 6.07) is 6.08. The molecule has 0 saturated carbocycles. The topological polar surface area (TPSA) is 93.1 Å². The van der Waals surface area contributed by atoms with E-state index in [9.17, 15) is 19.5 Å². The molecular formula is C18H23NO6. The van der Waals surface area contributed by atoms with Crippen molar-refractivity contribution in [3.63, 3.8) is 0 Å². The summed E-state index contributed by atoms with van der Waals surface area (Å²) in [6.45, 7) is 5.48. The molecule has 7 nitrogen and oxygen atoms in total. The number of hydrogen-bond acceptors (Lipinski definition) is 5. The Morgan fingerprint density at radius 3 is 2.24 bits per heavy atom. The summed E-state index contributed by atoms with van der Waals surface area (Å²) < 4.78 is 10.0. The van der Waals surface area contributed by atoms with Crippen LogP contribution in [0.5, 0.6) is 0 Å². The zero-order valence-electron chi connectivity index (χ0n) is 14.9. The van der Waals surface area contributed by atoms with Crippen LogP contribution in [0.4, 0.5) is 4.79 Å². The lowest BCUT2D eigenvalue weighted by Crippen LogP contribution is -2.52. The van der Waals surface area contributed by atoms with Crippen LogP contribution in [0.25, 0.3) is 0 Å². The minimum atomic E-state index is -1.50. The Hall–Kier alpha value is -2.57. The van der Waals surface area contributed by atoms with E-state index >= 15 is 0 Å². The third-order valence-corrected chi connectivity index (χ3v) is 4.13. The van der Waals surface area contributed by atoms with E-state index in [2.05, 4.69) is 4.74 Å². The molecule has 1 atom stereocenters. The maximum atomic E-state index is 12.5. The highest BCUT2D eigenvalue weighted by atomic mass is 16.6. The van der Waals surface area contributed by atoms with Gasteiger partial charge in [0.1, 0.15) is 5.60 Å². The van der Waals surface area contributed by atoms with Crippen LogP contribution in [-0.4, -0.2) is 47.3 Å². The molecule has 7 heteroatoms. The molecule has 0 bridgehead atoms.